The zero-order valence-corrected chi connectivity index (χ0v) is 11.5. The van der Waals surface area contributed by atoms with E-state index in [0.29, 0.717) is 12.1 Å². The van der Waals surface area contributed by atoms with Crippen molar-refractivity contribution in [3.63, 3.8) is 0 Å². The summed E-state index contributed by atoms with van der Waals surface area (Å²) in [5.74, 6) is -1.60. The van der Waals surface area contributed by atoms with E-state index < -0.39 is 23.3 Å². The lowest BCUT2D eigenvalue weighted by molar-refractivity contribution is -0.138. The third-order valence-corrected chi connectivity index (χ3v) is 3.15. The molecular weight excluding hydrogens is 287 g/mol. The Kier molecular flexibility index (Phi) is 3.80. The summed E-state index contributed by atoms with van der Waals surface area (Å²) < 4.78 is 41.2. The van der Waals surface area contributed by atoms with Crippen molar-refractivity contribution >= 4 is 5.97 Å². The van der Waals surface area contributed by atoms with Crippen LogP contribution in [0.4, 0.5) is 13.2 Å². The maximum absolute atomic E-state index is 12.8. The summed E-state index contributed by atoms with van der Waals surface area (Å²) in [6.45, 7) is 2.05. The van der Waals surface area contributed by atoms with Crippen LogP contribution in [0.25, 0.3) is 0 Å². The standard InChI is InChI=1S/C13H14F3N3O2/c1-3-8-4-9(18(2)17-8)5-19-6-10(12(20)21)11(7-19)13(14,15)16/h4,6-7H,3,5H2,1-2H3,(H,20,21). The van der Waals surface area contributed by atoms with Gasteiger partial charge in [0.1, 0.15) is 0 Å². The molecule has 1 N–H and O–H groups in total. The average molecular weight is 301 g/mol. The molecule has 2 heterocycles. The van der Waals surface area contributed by atoms with Crippen molar-refractivity contribution in [2.45, 2.75) is 26.1 Å². The first kappa shape index (κ1) is 15.1. The van der Waals surface area contributed by atoms with E-state index in [0.717, 1.165) is 18.1 Å². The van der Waals surface area contributed by atoms with Gasteiger partial charge in [0.25, 0.3) is 0 Å². The molecule has 0 fully saturated rings. The number of hydrogen-bond acceptors (Lipinski definition) is 2. The lowest BCUT2D eigenvalue weighted by Crippen LogP contribution is -2.09. The summed E-state index contributed by atoms with van der Waals surface area (Å²) in [5, 5.41) is 13.1. The van der Waals surface area contributed by atoms with E-state index >= 15 is 0 Å². The van der Waals surface area contributed by atoms with E-state index in [-0.39, 0.29) is 6.54 Å². The monoisotopic (exact) mass is 301 g/mol. The quantitative estimate of drug-likeness (QED) is 0.944. The fraction of sp³-hybridized carbons (Fsp3) is 0.385. The van der Waals surface area contributed by atoms with Crippen LogP contribution in [0.2, 0.25) is 0 Å². The van der Waals surface area contributed by atoms with Gasteiger partial charge in [-0.25, -0.2) is 4.79 Å². The molecule has 114 valence electrons. The molecule has 0 aromatic carbocycles. The molecule has 0 atom stereocenters. The molecule has 0 aliphatic rings. The van der Waals surface area contributed by atoms with Crippen molar-refractivity contribution < 1.29 is 23.1 Å². The van der Waals surface area contributed by atoms with Crippen molar-refractivity contribution in [3.05, 3.63) is 41.0 Å². The number of alkyl halides is 3. The zero-order chi connectivity index (χ0) is 15.8. The van der Waals surface area contributed by atoms with E-state index in [2.05, 4.69) is 5.10 Å². The van der Waals surface area contributed by atoms with E-state index in [1.807, 2.05) is 6.92 Å². The van der Waals surface area contributed by atoms with Gasteiger partial charge in [0.2, 0.25) is 0 Å². The lowest BCUT2D eigenvalue weighted by Gasteiger charge is -2.05. The van der Waals surface area contributed by atoms with Gasteiger partial charge in [0, 0.05) is 19.4 Å². The summed E-state index contributed by atoms with van der Waals surface area (Å²) in [6.07, 6.45) is -2.18. The van der Waals surface area contributed by atoms with Crippen molar-refractivity contribution in [1.29, 1.82) is 0 Å². The Labute approximate surface area is 118 Å². The zero-order valence-electron chi connectivity index (χ0n) is 11.5. The first-order valence-electron chi connectivity index (χ1n) is 6.24. The highest BCUT2D eigenvalue weighted by molar-refractivity contribution is 5.89. The normalized spacial score (nSPS) is 11.9. The van der Waals surface area contributed by atoms with Crippen LogP contribution in [0.15, 0.2) is 18.5 Å². The predicted octanol–water partition coefficient (Wildman–Crippen LogP) is 2.55. The molecule has 5 nitrogen and oxygen atoms in total. The molecular formula is C13H14F3N3O2. The van der Waals surface area contributed by atoms with Gasteiger partial charge in [-0.2, -0.15) is 18.3 Å². The molecule has 0 bridgehead atoms. The number of aromatic carboxylic acids is 1. The molecule has 0 saturated carbocycles. The number of aromatic nitrogens is 3. The minimum absolute atomic E-state index is 0.125. The number of hydrogen-bond donors (Lipinski definition) is 1. The second-order valence-electron chi connectivity index (χ2n) is 4.66. The van der Waals surface area contributed by atoms with E-state index in [1.165, 1.54) is 4.57 Å². The Morgan fingerprint density at radius 3 is 2.48 bits per heavy atom. The fourth-order valence-electron chi connectivity index (χ4n) is 2.07. The third-order valence-electron chi connectivity index (χ3n) is 3.15. The van der Waals surface area contributed by atoms with Gasteiger partial charge in [-0.3, -0.25) is 4.68 Å². The summed E-state index contributed by atoms with van der Waals surface area (Å²) in [4.78, 5) is 10.9. The smallest absolute Gasteiger partial charge is 0.418 e. The number of aryl methyl sites for hydroxylation is 2. The van der Waals surface area contributed by atoms with Gasteiger partial charge >= 0.3 is 12.1 Å². The van der Waals surface area contributed by atoms with Crippen LogP contribution >= 0.6 is 0 Å². The predicted molar refractivity (Wildman–Crippen MR) is 68.1 cm³/mol. The molecule has 0 aliphatic heterocycles. The first-order chi connectivity index (χ1) is 9.72. The molecule has 8 heteroatoms. The average Bonchev–Trinajstić information content (AvgIpc) is 2.94. The number of halogens is 3. The Balaban J connectivity index is 2.37. The van der Waals surface area contributed by atoms with Crippen molar-refractivity contribution in [3.8, 4) is 0 Å². The van der Waals surface area contributed by atoms with Crippen molar-refractivity contribution in [1.82, 2.24) is 14.3 Å². The van der Waals surface area contributed by atoms with Gasteiger partial charge in [-0.1, -0.05) is 6.92 Å². The molecule has 0 aliphatic carbocycles. The van der Waals surface area contributed by atoms with Crippen LogP contribution < -0.4 is 0 Å². The van der Waals surface area contributed by atoms with Crippen LogP contribution in [0.5, 0.6) is 0 Å². The highest BCUT2D eigenvalue weighted by atomic mass is 19.4. The fourth-order valence-corrected chi connectivity index (χ4v) is 2.07. The molecule has 0 saturated heterocycles. The summed E-state index contributed by atoms with van der Waals surface area (Å²) in [6, 6.07) is 1.79. The number of carbonyl (C=O) groups is 1. The number of carboxylic acid groups (broad SMARTS) is 1. The Morgan fingerprint density at radius 1 is 1.38 bits per heavy atom. The molecule has 0 radical (unpaired) electrons. The molecule has 0 unspecified atom stereocenters. The van der Waals surface area contributed by atoms with Gasteiger partial charge in [-0.15, -0.1) is 0 Å². The van der Waals surface area contributed by atoms with Crippen LogP contribution in [-0.2, 0) is 26.2 Å². The lowest BCUT2D eigenvalue weighted by atomic mass is 10.2. The Bertz CT molecular complexity index is 671. The summed E-state index contributed by atoms with van der Waals surface area (Å²) in [5.41, 5.74) is -0.366. The molecule has 2 rings (SSSR count). The van der Waals surface area contributed by atoms with Gasteiger partial charge < -0.3 is 9.67 Å². The molecule has 2 aromatic heterocycles. The minimum Gasteiger partial charge on any atom is -0.478 e. The third kappa shape index (κ3) is 3.09. The molecule has 2 aromatic rings. The summed E-state index contributed by atoms with van der Waals surface area (Å²) in [7, 11) is 1.70. The molecule has 21 heavy (non-hydrogen) atoms. The summed E-state index contributed by atoms with van der Waals surface area (Å²) >= 11 is 0. The van der Waals surface area contributed by atoms with Crippen LogP contribution in [0.1, 0.15) is 34.2 Å². The maximum atomic E-state index is 12.8. The Morgan fingerprint density at radius 2 is 2.05 bits per heavy atom. The van der Waals surface area contributed by atoms with Crippen LogP contribution in [-0.4, -0.2) is 25.4 Å². The highest BCUT2D eigenvalue weighted by Crippen LogP contribution is 2.32. The molecule has 0 amide bonds. The first-order valence-corrected chi connectivity index (χ1v) is 6.24. The second kappa shape index (κ2) is 5.27. The van der Waals surface area contributed by atoms with E-state index in [9.17, 15) is 18.0 Å². The minimum atomic E-state index is -4.69. The van der Waals surface area contributed by atoms with E-state index in [4.69, 9.17) is 5.11 Å². The SMILES string of the molecule is CCc1cc(Cn2cc(C(=O)O)c(C(F)(F)F)c2)n(C)n1. The van der Waals surface area contributed by atoms with Crippen LogP contribution in [0, 0.1) is 0 Å². The van der Waals surface area contributed by atoms with Crippen LogP contribution in [0.3, 0.4) is 0 Å². The largest absolute Gasteiger partial charge is 0.478 e. The Hall–Kier alpha value is -2.25. The topological polar surface area (TPSA) is 60.1 Å². The number of nitrogens with zero attached hydrogens (tertiary/aromatic N) is 3. The highest BCUT2D eigenvalue weighted by Gasteiger charge is 2.37. The second-order valence-corrected chi connectivity index (χ2v) is 4.66. The van der Waals surface area contributed by atoms with Gasteiger partial charge in [-0.05, 0) is 12.5 Å². The van der Waals surface area contributed by atoms with Gasteiger partial charge in [0.05, 0.1) is 29.1 Å². The number of rotatable bonds is 4. The van der Waals surface area contributed by atoms with E-state index in [1.54, 1.807) is 17.8 Å². The molecule has 0 spiro atoms. The maximum Gasteiger partial charge on any atom is 0.418 e. The number of carboxylic acids is 1. The van der Waals surface area contributed by atoms with Gasteiger partial charge in [0.15, 0.2) is 0 Å². The van der Waals surface area contributed by atoms with Crippen molar-refractivity contribution in [2.24, 2.45) is 7.05 Å². The van der Waals surface area contributed by atoms with Crippen molar-refractivity contribution in [2.75, 3.05) is 0 Å².